The average Bonchev–Trinajstić information content (AvgIpc) is 2.96. The van der Waals surface area contributed by atoms with Crippen LogP contribution < -0.4 is 0 Å². The second kappa shape index (κ2) is 5.94. The van der Waals surface area contributed by atoms with Gasteiger partial charge in [0.2, 0.25) is 0 Å². The lowest BCUT2D eigenvalue weighted by Gasteiger charge is -2.45. The van der Waals surface area contributed by atoms with Crippen molar-refractivity contribution in [1.29, 1.82) is 0 Å². The summed E-state index contributed by atoms with van der Waals surface area (Å²) in [5.74, 6) is 1.94. The minimum Gasteiger partial charge on any atom is -0.423 e. The molecule has 1 spiro atoms. The zero-order valence-electron chi connectivity index (χ0n) is 14.6. The Morgan fingerprint density at radius 3 is 2.74 bits per heavy atom. The first kappa shape index (κ1) is 16.5. The quantitative estimate of drug-likeness (QED) is 0.615. The van der Waals surface area contributed by atoms with E-state index in [-0.39, 0.29) is 17.5 Å². The third-order valence-electron chi connectivity index (χ3n) is 6.49. The highest BCUT2D eigenvalue weighted by Crippen LogP contribution is 2.58. The maximum atomic E-state index is 11.5. The molecule has 0 aromatic carbocycles. The van der Waals surface area contributed by atoms with Gasteiger partial charge in [-0.3, -0.25) is 0 Å². The van der Waals surface area contributed by atoms with E-state index in [1.54, 1.807) is 6.92 Å². The first-order chi connectivity index (χ1) is 10.8. The van der Waals surface area contributed by atoms with Gasteiger partial charge in [-0.05, 0) is 80.4 Å². The van der Waals surface area contributed by atoms with E-state index in [1.807, 2.05) is 13.0 Å². The van der Waals surface area contributed by atoms with E-state index in [0.29, 0.717) is 29.1 Å². The van der Waals surface area contributed by atoms with Gasteiger partial charge in [0.25, 0.3) is 0 Å². The van der Waals surface area contributed by atoms with Crippen LogP contribution in [0.3, 0.4) is 0 Å². The van der Waals surface area contributed by atoms with Gasteiger partial charge in [0.1, 0.15) is 5.76 Å². The number of hydrogen-bond acceptors (Lipinski definition) is 3. The van der Waals surface area contributed by atoms with Crippen LogP contribution in [-0.4, -0.2) is 17.2 Å². The van der Waals surface area contributed by atoms with Crippen molar-refractivity contribution in [2.45, 2.75) is 59.5 Å². The predicted octanol–water partition coefficient (Wildman–Crippen LogP) is 4.14. The molecule has 1 fully saturated rings. The van der Waals surface area contributed by atoms with Crippen molar-refractivity contribution >= 4 is 5.97 Å². The van der Waals surface area contributed by atoms with Gasteiger partial charge in [0, 0.05) is 5.57 Å². The van der Waals surface area contributed by atoms with Crippen molar-refractivity contribution in [3.05, 3.63) is 35.1 Å². The van der Waals surface area contributed by atoms with E-state index in [2.05, 4.69) is 26.0 Å². The molecule has 1 heterocycles. The van der Waals surface area contributed by atoms with Gasteiger partial charge >= 0.3 is 5.97 Å². The minimum absolute atomic E-state index is 0.177. The minimum atomic E-state index is -0.307. The van der Waals surface area contributed by atoms with Crippen molar-refractivity contribution in [3.63, 3.8) is 0 Å². The van der Waals surface area contributed by atoms with Gasteiger partial charge < -0.3 is 9.84 Å². The lowest BCUT2D eigenvalue weighted by Crippen LogP contribution is -2.39. The summed E-state index contributed by atoms with van der Waals surface area (Å²) in [6, 6.07) is 0. The number of hydrogen-bond donors (Lipinski definition) is 1. The molecule has 3 heteroatoms. The fourth-order valence-corrected chi connectivity index (χ4v) is 4.90. The van der Waals surface area contributed by atoms with E-state index < -0.39 is 0 Å². The van der Waals surface area contributed by atoms with E-state index in [0.717, 1.165) is 18.4 Å². The molecule has 5 atom stereocenters. The highest BCUT2D eigenvalue weighted by Gasteiger charge is 2.51. The maximum Gasteiger partial charge on any atom is 0.339 e. The zero-order chi connectivity index (χ0) is 16.8. The Morgan fingerprint density at radius 2 is 2.13 bits per heavy atom. The second-order valence-corrected chi connectivity index (χ2v) is 7.84. The Hall–Kier alpha value is -1.35. The number of aliphatic hydroxyl groups is 1. The Morgan fingerprint density at radius 1 is 1.39 bits per heavy atom. The summed E-state index contributed by atoms with van der Waals surface area (Å²) >= 11 is 0. The summed E-state index contributed by atoms with van der Waals surface area (Å²) in [5, 5.41) is 10.4. The molecule has 3 nitrogen and oxygen atoms in total. The molecule has 126 valence electrons. The molecule has 0 radical (unpaired) electrons. The number of esters is 1. The molecule has 0 saturated heterocycles. The number of rotatable bonds is 2. The number of aliphatic hydroxyl groups excluding tert-OH is 1. The lowest BCUT2D eigenvalue weighted by molar-refractivity contribution is -0.133. The van der Waals surface area contributed by atoms with Gasteiger partial charge in [-0.2, -0.15) is 0 Å². The molecule has 23 heavy (non-hydrogen) atoms. The van der Waals surface area contributed by atoms with Crippen LogP contribution in [0.5, 0.6) is 0 Å². The van der Waals surface area contributed by atoms with Crippen molar-refractivity contribution in [3.8, 4) is 0 Å². The van der Waals surface area contributed by atoms with Crippen LogP contribution in [0.15, 0.2) is 35.1 Å². The van der Waals surface area contributed by atoms with Crippen LogP contribution in [-0.2, 0) is 9.53 Å². The summed E-state index contributed by atoms with van der Waals surface area (Å²) in [6.45, 7) is 8.38. The highest BCUT2D eigenvalue weighted by atomic mass is 16.5. The van der Waals surface area contributed by atoms with Crippen LogP contribution in [0.2, 0.25) is 0 Å². The van der Waals surface area contributed by atoms with Crippen molar-refractivity contribution in [2.24, 2.45) is 23.2 Å². The van der Waals surface area contributed by atoms with Crippen molar-refractivity contribution < 1.29 is 14.6 Å². The maximum absolute atomic E-state index is 11.5. The van der Waals surface area contributed by atoms with Crippen LogP contribution in [0, 0.1) is 23.2 Å². The van der Waals surface area contributed by atoms with E-state index in [9.17, 15) is 9.90 Å². The summed E-state index contributed by atoms with van der Waals surface area (Å²) in [7, 11) is 0. The normalized spacial score (nSPS) is 40.3. The Kier molecular flexibility index (Phi) is 4.26. The SMILES string of the molecule is CC1=CC(=CC(C)C2CCC(C)C23CC=C(C)C(O)C3)OC1=O. The fourth-order valence-electron chi connectivity index (χ4n) is 4.90. The second-order valence-electron chi connectivity index (χ2n) is 7.84. The smallest absolute Gasteiger partial charge is 0.339 e. The lowest BCUT2D eigenvalue weighted by atomic mass is 9.61. The molecule has 1 saturated carbocycles. The topological polar surface area (TPSA) is 46.5 Å². The molecule has 0 aromatic heterocycles. The van der Waals surface area contributed by atoms with Crippen molar-refractivity contribution in [2.75, 3.05) is 0 Å². The molecule has 3 rings (SSSR count). The summed E-state index contributed by atoms with van der Waals surface area (Å²) in [5.41, 5.74) is 1.96. The Labute approximate surface area is 139 Å². The van der Waals surface area contributed by atoms with Gasteiger partial charge in [0.15, 0.2) is 0 Å². The highest BCUT2D eigenvalue weighted by molar-refractivity contribution is 5.92. The molecule has 2 aliphatic carbocycles. The largest absolute Gasteiger partial charge is 0.423 e. The third-order valence-corrected chi connectivity index (χ3v) is 6.49. The predicted molar refractivity (Wildman–Crippen MR) is 90.4 cm³/mol. The standard InChI is InChI=1S/C20H28O3/c1-12-7-8-20(11-18(12)21)15(4)5-6-17(20)13(2)9-16-10-14(3)19(22)23-16/h7,9-10,13,15,17-18,21H,5-6,8,11H2,1-4H3. The average molecular weight is 316 g/mol. The molecule has 3 aliphatic rings. The number of carbonyl (C=O) groups excluding carboxylic acids is 1. The summed E-state index contributed by atoms with van der Waals surface area (Å²) in [4.78, 5) is 11.5. The molecule has 1 aliphatic heterocycles. The van der Waals surface area contributed by atoms with E-state index in [1.165, 1.54) is 12.8 Å². The third kappa shape index (κ3) is 2.80. The van der Waals surface area contributed by atoms with Crippen molar-refractivity contribution in [1.82, 2.24) is 0 Å². The van der Waals surface area contributed by atoms with E-state index in [4.69, 9.17) is 4.74 Å². The fraction of sp³-hybridized carbons (Fsp3) is 0.650. The zero-order valence-corrected chi connectivity index (χ0v) is 14.6. The summed E-state index contributed by atoms with van der Waals surface area (Å²) in [6.07, 6.45) is 10.2. The van der Waals surface area contributed by atoms with Crippen LogP contribution in [0.4, 0.5) is 0 Å². The first-order valence-corrected chi connectivity index (χ1v) is 8.80. The molecule has 5 unspecified atom stereocenters. The number of allylic oxidation sites excluding steroid dienone is 3. The Balaban J connectivity index is 1.84. The van der Waals surface area contributed by atoms with Gasteiger partial charge in [-0.25, -0.2) is 4.79 Å². The molecule has 0 aromatic rings. The Bertz CT molecular complexity index is 598. The number of ether oxygens (including phenoxy) is 1. The molecule has 0 bridgehead atoms. The van der Waals surface area contributed by atoms with Crippen LogP contribution in [0.25, 0.3) is 0 Å². The first-order valence-electron chi connectivity index (χ1n) is 8.80. The molecular weight excluding hydrogens is 288 g/mol. The van der Waals surface area contributed by atoms with Crippen LogP contribution >= 0.6 is 0 Å². The van der Waals surface area contributed by atoms with Gasteiger partial charge in [-0.15, -0.1) is 0 Å². The molecule has 0 amide bonds. The van der Waals surface area contributed by atoms with Crippen LogP contribution in [0.1, 0.15) is 53.4 Å². The van der Waals surface area contributed by atoms with E-state index >= 15 is 0 Å². The van der Waals surface area contributed by atoms with Gasteiger partial charge in [-0.1, -0.05) is 19.9 Å². The number of carbonyl (C=O) groups is 1. The monoisotopic (exact) mass is 316 g/mol. The molecular formula is C20H28O3. The van der Waals surface area contributed by atoms with Gasteiger partial charge in [0.05, 0.1) is 6.10 Å². The number of cyclic esters (lactones) is 1. The summed E-state index contributed by atoms with van der Waals surface area (Å²) < 4.78 is 5.31. The molecule has 1 N–H and O–H groups in total.